The molecule has 2 aliphatic heterocycles. The highest BCUT2D eigenvalue weighted by Crippen LogP contribution is 2.28. The fourth-order valence-electron chi connectivity index (χ4n) is 5.92. The molecule has 0 bridgehead atoms. The molecule has 8 nitrogen and oxygen atoms in total. The Hall–Kier alpha value is -4.66. The Kier molecular flexibility index (Phi) is 10.8. The third-order valence-electron chi connectivity index (χ3n) is 8.76. The van der Waals surface area contributed by atoms with Crippen LogP contribution < -0.4 is 27.4 Å². The summed E-state index contributed by atoms with van der Waals surface area (Å²) in [7, 11) is 2.17. The minimum atomic E-state index is -0.130. The molecule has 2 amide bonds. The number of nitrogens with zero attached hydrogens (tertiary/aromatic N) is 1. The molecule has 6 rings (SSSR count). The van der Waals surface area contributed by atoms with E-state index in [4.69, 9.17) is 11.5 Å². The summed E-state index contributed by atoms with van der Waals surface area (Å²) < 4.78 is 0. The topological polar surface area (TPSA) is 126 Å². The average molecular weight is 605 g/mol. The monoisotopic (exact) mass is 604 g/mol. The maximum Gasteiger partial charge on any atom is 0.255 e. The highest BCUT2D eigenvalue weighted by Gasteiger charge is 2.19. The number of benzene rings is 4. The number of carbonyl (C=O) groups excluding carboxylic acids is 2. The van der Waals surface area contributed by atoms with E-state index in [9.17, 15) is 9.59 Å². The second-order valence-electron chi connectivity index (χ2n) is 11.9. The summed E-state index contributed by atoms with van der Waals surface area (Å²) in [5.41, 5.74) is 18.1. The Morgan fingerprint density at radius 3 is 1.44 bits per heavy atom. The van der Waals surface area contributed by atoms with Gasteiger partial charge in [0.2, 0.25) is 0 Å². The Morgan fingerprint density at radius 2 is 1.02 bits per heavy atom. The first kappa shape index (κ1) is 31.8. The zero-order chi connectivity index (χ0) is 31.6. The largest absolute Gasteiger partial charge is 0.397 e. The molecule has 2 saturated heterocycles. The first-order valence-electron chi connectivity index (χ1n) is 15.8. The summed E-state index contributed by atoms with van der Waals surface area (Å²) in [6, 6.07) is 30.5. The lowest BCUT2D eigenvalue weighted by Gasteiger charge is -2.29. The van der Waals surface area contributed by atoms with Crippen molar-refractivity contribution in [3.63, 3.8) is 0 Å². The predicted molar refractivity (Wildman–Crippen MR) is 185 cm³/mol. The number of likely N-dealkylation sites (tertiary alicyclic amines) is 1. The van der Waals surface area contributed by atoms with Gasteiger partial charge < -0.3 is 32.3 Å². The average Bonchev–Trinajstić information content (AvgIpc) is 3.08. The molecule has 4 aromatic rings. The van der Waals surface area contributed by atoms with Gasteiger partial charge >= 0.3 is 0 Å². The molecule has 234 valence electrons. The third kappa shape index (κ3) is 8.71. The van der Waals surface area contributed by atoms with E-state index in [0.29, 0.717) is 45.7 Å². The van der Waals surface area contributed by atoms with Gasteiger partial charge in [-0.25, -0.2) is 0 Å². The van der Waals surface area contributed by atoms with Crippen LogP contribution in [0.3, 0.4) is 0 Å². The second-order valence-corrected chi connectivity index (χ2v) is 11.9. The van der Waals surface area contributed by atoms with Crippen molar-refractivity contribution in [1.29, 1.82) is 0 Å². The van der Waals surface area contributed by atoms with E-state index < -0.39 is 0 Å². The lowest BCUT2D eigenvalue weighted by Crippen LogP contribution is -2.29. The Bertz CT molecular complexity index is 1560. The number of carbonyl (C=O) groups is 2. The number of nitrogens with two attached hydrogens (primary N) is 2. The number of rotatable bonds is 6. The smallest absolute Gasteiger partial charge is 0.255 e. The summed E-state index contributed by atoms with van der Waals surface area (Å²) in [6.45, 7) is 4.42. The number of piperidine rings is 2. The molecule has 7 N–H and O–H groups in total. The van der Waals surface area contributed by atoms with Crippen LogP contribution >= 0.6 is 0 Å². The van der Waals surface area contributed by atoms with Gasteiger partial charge in [-0.05, 0) is 130 Å². The molecule has 2 heterocycles. The van der Waals surface area contributed by atoms with Crippen LogP contribution in [-0.2, 0) is 0 Å². The molecule has 8 heteroatoms. The molecule has 0 radical (unpaired) electrons. The summed E-state index contributed by atoms with van der Waals surface area (Å²) in [4.78, 5) is 27.0. The fourth-order valence-corrected chi connectivity index (χ4v) is 5.92. The molecule has 0 atom stereocenters. The van der Waals surface area contributed by atoms with Crippen molar-refractivity contribution in [3.05, 3.63) is 119 Å². The van der Waals surface area contributed by atoms with E-state index in [2.05, 4.69) is 52.2 Å². The van der Waals surface area contributed by atoms with E-state index in [1.54, 1.807) is 24.3 Å². The number of nitrogens with one attached hydrogen (secondary N) is 3. The van der Waals surface area contributed by atoms with Crippen LogP contribution in [0.4, 0.5) is 22.7 Å². The van der Waals surface area contributed by atoms with Crippen LogP contribution in [0.15, 0.2) is 97.1 Å². The van der Waals surface area contributed by atoms with Crippen LogP contribution in [0.25, 0.3) is 0 Å². The standard InChI is InChI=1S/C19H23N3O.C18H21N3O/c1-22-12-10-15(11-13-22)14-6-8-16(9-7-14)19(23)21-18-5-3-2-4-17(18)20;19-16-3-1-2-4-17(16)21-18(22)15-7-5-13(6-8-15)14-9-11-20-12-10-14/h2-9,15H,10-13,20H2,1H3,(H,21,23);1-8,14,20H,9-12,19H2,(H,21,22). The molecular weight excluding hydrogens is 560 g/mol. The minimum absolute atomic E-state index is 0.127. The highest BCUT2D eigenvalue weighted by molar-refractivity contribution is 6.06. The molecule has 45 heavy (non-hydrogen) atoms. The van der Waals surface area contributed by atoms with Crippen LogP contribution in [0.1, 0.15) is 69.4 Å². The van der Waals surface area contributed by atoms with Gasteiger partial charge in [0, 0.05) is 11.1 Å². The number of hydrogen-bond acceptors (Lipinski definition) is 6. The SMILES string of the molecule is CN1CCC(c2ccc(C(=O)Nc3ccccc3N)cc2)CC1.Nc1ccccc1NC(=O)c1ccc(C2CCNCC2)cc1. The fraction of sp³-hybridized carbons (Fsp3) is 0.297. The van der Waals surface area contributed by atoms with Gasteiger partial charge in [0.25, 0.3) is 11.8 Å². The van der Waals surface area contributed by atoms with Crippen LogP contribution in [0.5, 0.6) is 0 Å². The van der Waals surface area contributed by atoms with Crippen LogP contribution in [0, 0.1) is 0 Å². The van der Waals surface area contributed by atoms with Crippen LogP contribution in [-0.4, -0.2) is 49.9 Å². The van der Waals surface area contributed by atoms with Gasteiger partial charge in [0.05, 0.1) is 22.7 Å². The van der Waals surface area contributed by atoms with Gasteiger partial charge in [-0.2, -0.15) is 0 Å². The van der Waals surface area contributed by atoms with Gasteiger partial charge in [0.15, 0.2) is 0 Å². The summed E-state index contributed by atoms with van der Waals surface area (Å²) >= 11 is 0. The van der Waals surface area contributed by atoms with Gasteiger partial charge in [-0.15, -0.1) is 0 Å². The van der Waals surface area contributed by atoms with Crippen molar-refractivity contribution in [1.82, 2.24) is 10.2 Å². The highest BCUT2D eigenvalue weighted by atomic mass is 16.2. The molecule has 4 aromatic carbocycles. The van der Waals surface area contributed by atoms with E-state index in [1.807, 2.05) is 48.5 Å². The van der Waals surface area contributed by atoms with Gasteiger partial charge in [0.1, 0.15) is 0 Å². The summed E-state index contributed by atoms with van der Waals surface area (Å²) in [6.07, 6.45) is 4.68. The van der Waals surface area contributed by atoms with Crippen molar-refractivity contribution >= 4 is 34.6 Å². The van der Waals surface area contributed by atoms with Crippen molar-refractivity contribution in [2.45, 2.75) is 37.5 Å². The molecule has 0 spiro atoms. The predicted octanol–water partition coefficient (Wildman–Crippen LogP) is 6.32. The Labute approximate surface area is 266 Å². The molecule has 2 aliphatic rings. The molecular formula is C37H44N6O2. The Morgan fingerprint density at radius 1 is 0.622 bits per heavy atom. The Balaban J connectivity index is 0.000000178. The first-order chi connectivity index (χ1) is 21.9. The van der Waals surface area contributed by atoms with Crippen molar-refractivity contribution in [2.75, 3.05) is 55.3 Å². The minimum Gasteiger partial charge on any atom is -0.397 e. The van der Waals surface area contributed by atoms with Crippen molar-refractivity contribution in [3.8, 4) is 0 Å². The van der Waals surface area contributed by atoms with E-state index in [-0.39, 0.29) is 11.8 Å². The number of amides is 2. The van der Waals surface area contributed by atoms with E-state index in [1.165, 1.54) is 24.0 Å². The third-order valence-corrected chi connectivity index (χ3v) is 8.76. The molecule has 0 unspecified atom stereocenters. The quantitative estimate of drug-likeness (QED) is 0.164. The lowest BCUT2D eigenvalue weighted by atomic mass is 9.89. The van der Waals surface area contributed by atoms with E-state index in [0.717, 1.165) is 39.0 Å². The molecule has 2 fully saturated rings. The maximum atomic E-state index is 12.3. The first-order valence-corrected chi connectivity index (χ1v) is 15.8. The summed E-state index contributed by atoms with van der Waals surface area (Å²) in [5.74, 6) is 0.948. The molecule has 0 aromatic heterocycles. The van der Waals surface area contributed by atoms with Crippen molar-refractivity contribution in [2.24, 2.45) is 0 Å². The number of nitrogen functional groups attached to an aromatic ring is 2. The zero-order valence-corrected chi connectivity index (χ0v) is 26.0. The van der Waals surface area contributed by atoms with Crippen LogP contribution in [0.2, 0.25) is 0 Å². The number of para-hydroxylation sites is 4. The summed E-state index contributed by atoms with van der Waals surface area (Å²) in [5, 5.41) is 9.08. The second kappa shape index (κ2) is 15.4. The molecule has 0 saturated carbocycles. The zero-order valence-electron chi connectivity index (χ0n) is 26.0. The van der Waals surface area contributed by atoms with Gasteiger partial charge in [-0.1, -0.05) is 48.5 Å². The number of anilines is 4. The van der Waals surface area contributed by atoms with Gasteiger partial charge in [-0.3, -0.25) is 9.59 Å². The number of hydrogen-bond donors (Lipinski definition) is 5. The van der Waals surface area contributed by atoms with E-state index >= 15 is 0 Å². The van der Waals surface area contributed by atoms with Crippen molar-refractivity contribution < 1.29 is 9.59 Å². The maximum absolute atomic E-state index is 12.3. The normalized spacial score (nSPS) is 15.8. The lowest BCUT2D eigenvalue weighted by molar-refractivity contribution is 0.101. The molecule has 0 aliphatic carbocycles.